The van der Waals surface area contributed by atoms with Gasteiger partial charge in [-0.05, 0) is 37.8 Å². The molecular weight excluding hydrogens is 148 g/mol. The number of hydrogen-bond donors (Lipinski definition) is 1. The summed E-state index contributed by atoms with van der Waals surface area (Å²) in [6, 6.07) is 4.16. The molecule has 0 atom stereocenters. The molecule has 0 amide bonds. The average Bonchev–Trinajstić information content (AvgIpc) is 2.74. The van der Waals surface area contributed by atoms with E-state index in [1.807, 2.05) is 19.2 Å². The third-order valence-electron chi connectivity index (χ3n) is 2.42. The normalized spacial score (nSPS) is 19.2. The van der Waals surface area contributed by atoms with Crippen LogP contribution in [0.2, 0.25) is 0 Å². The van der Waals surface area contributed by atoms with Gasteiger partial charge in [-0.3, -0.25) is 4.98 Å². The molecule has 1 aliphatic rings. The number of nitrogens with zero attached hydrogens (tertiary/aromatic N) is 1. The van der Waals surface area contributed by atoms with Crippen molar-refractivity contribution in [1.29, 1.82) is 0 Å². The van der Waals surface area contributed by atoms with Gasteiger partial charge in [-0.1, -0.05) is 6.07 Å². The predicted molar refractivity (Wildman–Crippen MR) is 48.8 cm³/mol. The molecule has 2 rings (SSSR count). The molecule has 0 unspecified atom stereocenters. The van der Waals surface area contributed by atoms with Gasteiger partial charge < -0.3 is 5.73 Å². The van der Waals surface area contributed by atoms with Gasteiger partial charge in [-0.25, -0.2) is 0 Å². The zero-order valence-electron chi connectivity index (χ0n) is 7.38. The molecule has 0 aromatic carbocycles. The SMILES string of the molecule is Cc1ccc(CC2(N)CC2)cn1. The maximum absolute atomic E-state index is 5.99. The molecule has 0 spiro atoms. The van der Waals surface area contributed by atoms with Gasteiger partial charge in [0.2, 0.25) is 0 Å². The fraction of sp³-hybridized carbons (Fsp3) is 0.500. The number of nitrogens with two attached hydrogens (primary N) is 1. The quantitative estimate of drug-likeness (QED) is 0.714. The Morgan fingerprint density at radius 2 is 2.25 bits per heavy atom. The van der Waals surface area contributed by atoms with Crippen molar-refractivity contribution in [1.82, 2.24) is 4.98 Å². The van der Waals surface area contributed by atoms with Crippen LogP contribution in [0.3, 0.4) is 0 Å². The minimum absolute atomic E-state index is 0.108. The van der Waals surface area contributed by atoms with Gasteiger partial charge in [-0.2, -0.15) is 0 Å². The molecule has 12 heavy (non-hydrogen) atoms. The van der Waals surface area contributed by atoms with Gasteiger partial charge in [0.25, 0.3) is 0 Å². The lowest BCUT2D eigenvalue weighted by Crippen LogP contribution is -2.24. The summed E-state index contributed by atoms with van der Waals surface area (Å²) in [6.07, 6.45) is 5.25. The largest absolute Gasteiger partial charge is 0.325 e. The van der Waals surface area contributed by atoms with Crippen molar-refractivity contribution in [2.45, 2.75) is 31.7 Å². The van der Waals surface area contributed by atoms with Crippen LogP contribution in [0.25, 0.3) is 0 Å². The van der Waals surface area contributed by atoms with E-state index in [4.69, 9.17) is 5.73 Å². The van der Waals surface area contributed by atoms with Crippen LogP contribution in [0, 0.1) is 6.92 Å². The molecule has 2 nitrogen and oxygen atoms in total. The summed E-state index contributed by atoms with van der Waals surface area (Å²) in [7, 11) is 0. The number of aromatic nitrogens is 1. The van der Waals surface area contributed by atoms with E-state index >= 15 is 0 Å². The van der Waals surface area contributed by atoms with Crippen molar-refractivity contribution < 1.29 is 0 Å². The number of rotatable bonds is 2. The lowest BCUT2D eigenvalue weighted by molar-refractivity contribution is 0.670. The highest BCUT2D eigenvalue weighted by molar-refractivity contribution is 5.19. The Morgan fingerprint density at radius 3 is 2.75 bits per heavy atom. The maximum atomic E-state index is 5.99. The standard InChI is InChI=1S/C10H14N2/c1-8-2-3-9(7-12-8)6-10(11)4-5-10/h2-3,7H,4-6,11H2,1H3. The van der Waals surface area contributed by atoms with Crippen molar-refractivity contribution in [3.05, 3.63) is 29.6 Å². The maximum Gasteiger partial charge on any atom is 0.0372 e. The highest BCUT2D eigenvalue weighted by Gasteiger charge is 2.37. The van der Waals surface area contributed by atoms with Gasteiger partial charge in [0.1, 0.15) is 0 Å². The molecule has 0 radical (unpaired) electrons. The van der Waals surface area contributed by atoms with E-state index in [2.05, 4.69) is 11.1 Å². The molecule has 1 aromatic heterocycles. The number of pyridine rings is 1. The van der Waals surface area contributed by atoms with Gasteiger partial charge in [-0.15, -0.1) is 0 Å². The Kier molecular flexibility index (Phi) is 1.65. The van der Waals surface area contributed by atoms with E-state index in [0.717, 1.165) is 12.1 Å². The number of aryl methyl sites for hydroxylation is 1. The summed E-state index contributed by atoms with van der Waals surface area (Å²) >= 11 is 0. The fourth-order valence-electron chi connectivity index (χ4n) is 1.35. The summed E-state index contributed by atoms with van der Waals surface area (Å²) in [5.41, 5.74) is 8.43. The van der Waals surface area contributed by atoms with Crippen LogP contribution in [0.1, 0.15) is 24.1 Å². The van der Waals surface area contributed by atoms with Crippen LogP contribution in [-0.4, -0.2) is 10.5 Å². The topological polar surface area (TPSA) is 38.9 Å². The van der Waals surface area contributed by atoms with E-state index in [9.17, 15) is 0 Å². The highest BCUT2D eigenvalue weighted by atomic mass is 14.8. The van der Waals surface area contributed by atoms with Crippen molar-refractivity contribution >= 4 is 0 Å². The first-order valence-electron chi connectivity index (χ1n) is 4.38. The lowest BCUT2D eigenvalue weighted by Gasteiger charge is -2.07. The smallest absolute Gasteiger partial charge is 0.0372 e. The van der Waals surface area contributed by atoms with Crippen molar-refractivity contribution in [3.8, 4) is 0 Å². The molecule has 2 N–H and O–H groups in total. The van der Waals surface area contributed by atoms with E-state index in [-0.39, 0.29) is 5.54 Å². The molecular formula is C10H14N2. The van der Waals surface area contributed by atoms with E-state index in [0.29, 0.717) is 0 Å². The van der Waals surface area contributed by atoms with Gasteiger partial charge in [0.15, 0.2) is 0 Å². The van der Waals surface area contributed by atoms with E-state index < -0.39 is 0 Å². The summed E-state index contributed by atoms with van der Waals surface area (Å²) in [5.74, 6) is 0. The van der Waals surface area contributed by atoms with E-state index in [1.165, 1.54) is 18.4 Å². The van der Waals surface area contributed by atoms with Crippen molar-refractivity contribution in [3.63, 3.8) is 0 Å². The Labute approximate surface area is 72.8 Å². The second-order valence-electron chi connectivity index (χ2n) is 3.85. The van der Waals surface area contributed by atoms with E-state index in [1.54, 1.807) is 0 Å². The monoisotopic (exact) mass is 162 g/mol. The third-order valence-corrected chi connectivity index (χ3v) is 2.42. The summed E-state index contributed by atoms with van der Waals surface area (Å²) in [4.78, 5) is 4.24. The second-order valence-corrected chi connectivity index (χ2v) is 3.85. The summed E-state index contributed by atoms with van der Waals surface area (Å²) in [5, 5.41) is 0. The van der Waals surface area contributed by atoms with Crippen LogP contribution in [0.5, 0.6) is 0 Å². The van der Waals surface area contributed by atoms with Gasteiger partial charge in [0.05, 0.1) is 0 Å². The number of hydrogen-bond acceptors (Lipinski definition) is 2. The summed E-state index contributed by atoms with van der Waals surface area (Å²) in [6.45, 7) is 2.00. The van der Waals surface area contributed by atoms with Crippen LogP contribution >= 0.6 is 0 Å². The molecule has 64 valence electrons. The predicted octanol–water partition coefficient (Wildman–Crippen LogP) is 1.42. The van der Waals surface area contributed by atoms with Gasteiger partial charge in [0, 0.05) is 17.4 Å². The first-order chi connectivity index (χ1) is 5.68. The molecule has 2 heteroatoms. The second kappa shape index (κ2) is 2.56. The molecule has 1 saturated carbocycles. The minimum atomic E-state index is 0.108. The van der Waals surface area contributed by atoms with Crippen molar-refractivity contribution in [2.24, 2.45) is 5.73 Å². The van der Waals surface area contributed by atoms with Crippen LogP contribution in [0.15, 0.2) is 18.3 Å². The fourth-order valence-corrected chi connectivity index (χ4v) is 1.35. The Bertz CT molecular complexity index is 272. The third kappa shape index (κ3) is 1.64. The van der Waals surface area contributed by atoms with Crippen LogP contribution in [0.4, 0.5) is 0 Å². The molecule has 0 saturated heterocycles. The molecule has 1 fully saturated rings. The van der Waals surface area contributed by atoms with Crippen LogP contribution < -0.4 is 5.73 Å². The lowest BCUT2D eigenvalue weighted by atomic mass is 10.1. The zero-order chi connectivity index (χ0) is 8.60. The Hall–Kier alpha value is -0.890. The van der Waals surface area contributed by atoms with Crippen LogP contribution in [-0.2, 0) is 6.42 Å². The summed E-state index contributed by atoms with van der Waals surface area (Å²) < 4.78 is 0. The first-order valence-corrected chi connectivity index (χ1v) is 4.38. The van der Waals surface area contributed by atoms with Gasteiger partial charge >= 0.3 is 0 Å². The molecule has 0 aliphatic heterocycles. The molecule has 1 heterocycles. The average molecular weight is 162 g/mol. The van der Waals surface area contributed by atoms with Crippen molar-refractivity contribution in [2.75, 3.05) is 0 Å². The first kappa shape index (κ1) is 7.74. The minimum Gasteiger partial charge on any atom is -0.325 e. The zero-order valence-corrected chi connectivity index (χ0v) is 7.38. The molecule has 1 aromatic rings. The highest BCUT2D eigenvalue weighted by Crippen LogP contribution is 2.35. The molecule has 1 aliphatic carbocycles. The Morgan fingerprint density at radius 1 is 1.50 bits per heavy atom. The Balaban J connectivity index is 2.08. The molecule has 0 bridgehead atoms.